The maximum Gasteiger partial charge on any atom is 0.443 e. The van der Waals surface area contributed by atoms with Gasteiger partial charge in [0.05, 0.1) is 11.7 Å². The average molecular weight is 304 g/mol. The Labute approximate surface area is 118 Å². The highest BCUT2D eigenvalue weighted by molar-refractivity contribution is 7.11. The van der Waals surface area contributed by atoms with E-state index in [2.05, 4.69) is 15.4 Å². The van der Waals surface area contributed by atoms with E-state index in [0.29, 0.717) is 16.2 Å². The monoisotopic (exact) mass is 304 g/mol. The molecule has 0 saturated heterocycles. The van der Waals surface area contributed by atoms with Crippen molar-refractivity contribution in [2.24, 2.45) is 7.05 Å². The summed E-state index contributed by atoms with van der Waals surface area (Å²) in [5, 5.41) is 6.53. The number of hydrogen-bond acceptors (Lipinski definition) is 4. The van der Waals surface area contributed by atoms with Crippen molar-refractivity contribution in [1.29, 1.82) is 0 Å². The number of thiazole rings is 1. The van der Waals surface area contributed by atoms with Crippen molar-refractivity contribution in [2.75, 3.05) is 7.05 Å². The van der Waals surface area contributed by atoms with Gasteiger partial charge in [-0.15, -0.1) is 11.3 Å². The summed E-state index contributed by atoms with van der Waals surface area (Å²) in [5.74, 6) is 0. The van der Waals surface area contributed by atoms with E-state index in [1.165, 1.54) is 6.20 Å². The number of nitrogens with one attached hydrogen (secondary N) is 1. The number of aromatic nitrogens is 3. The number of hydrogen-bond donors (Lipinski definition) is 1. The molecule has 2 heterocycles. The quantitative estimate of drug-likeness (QED) is 0.944. The molecule has 0 aliphatic carbocycles. The molecule has 0 aliphatic heterocycles. The van der Waals surface area contributed by atoms with E-state index >= 15 is 0 Å². The molecule has 0 aromatic carbocycles. The first-order valence-electron chi connectivity index (χ1n) is 6.09. The van der Waals surface area contributed by atoms with Crippen molar-refractivity contribution in [3.63, 3.8) is 0 Å². The van der Waals surface area contributed by atoms with Crippen molar-refractivity contribution < 1.29 is 13.2 Å². The third-order valence-corrected chi connectivity index (χ3v) is 4.03. The Kier molecular flexibility index (Phi) is 4.14. The predicted molar refractivity (Wildman–Crippen MR) is 70.6 cm³/mol. The number of aryl methyl sites for hydroxylation is 2. The Morgan fingerprint density at radius 3 is 2.65 bits per heavy atom. The van der Waals surface area contributed by atoms with E-state index in [9.17, 15) is 13.2 Å². The van der Waals surface area contributed by atoms with Gasteiger partial charge in [-0.05, 0) is 13.5 Å². The molecule has 1 atom stereocenters. The molecule has 0 aliphatic rings. The van der Waals surface area contributed by atoms with Crippen LogP contribution in [0.1, 0.15) is 34.1 Å². The highest BCUT2D eigenvalue weighted by atomic mass is 32.1. The summed E-state index contributed by atoms with van der Waals surface area (Å²) in [6.45, 7) is 1.96. The van der Waals surface area contributed by atoms with Gasteiger partial charge in [-0.1, -0.05) is 6.92 Å². The highest BCUT2D eigenvalue weighted by Crippen LogP contribution is 2.36. The first kappa shape index (κ1) is 15.0. The molecule has 2 rings (SSSR count). The Hall–Kier alpha value is -1.41. The van der Waals surface area contributed by atoms with Crippen LogP contribution in [0, 0.1) is 0 Å². The molecule has 0 saturated carbocycles. The normalized spacial score (nSPS) is 13.7. The van der Waals surface area contributed by atoms with Gasteiger partial charge in [-0.3, -0.25) is 4.68 Å². The fraction of sp³-hybridized carbons (Fsp3) is 0.500. The molecule has 20 heavy (non-hydrogen) atoms. The summed E-state index contributed by atoms with van der Waals surface area (Å²) in [5.41, 5.74) is 1.75. The molecule has 2 aromatic heterocycles. The summed E-state index contributed by atoms with van der Waals surface area (Å²) in [6, 6.07) is -0.327. The molecule has 110 valence electrons. The number of nitrogens with zero attached hydrogens (tertiary/aromatic N) is 3. The number of alkyl halides is 3. The summed E-state index contributed by atoms with van der Waals surface area (Å²) in [6.07, 6.45) is -0.572. The van der Waals surface area contributed by atoms with Crippen LogP contribution in [0.3, 0.4) is 0 Å². The second-order valence-electron chi connectivity index (χ2n) is 4.35. The van der Waals surface area contributed by atoms with Gasteiger partial charge in [-0.2, -0.15) is 18.3 Å². The van der Waals surface area contributed by atoms with E-state index in [1.807, 2.05) is 13.1 Å². The third-order valence-electron chi connectivity index (χ3n) is 2.92. The van der Waals surface area contributed by atoms with Crippen LogP contribution in [0.15, 0.2) is 12.4 Å². The molecule has 4 nitrogen and oxygen atoms in total. The van der Waals surface area contributed by atoms with Crippen LogP contribution in [0.25, 0.3) is 0 Å². The van der Waals surface area contributed by atoms with Crippen LogP contribution >= 0.6 is 11.3 Å². The average Bonchev–Trinajstić information content (AvgIpc) is 2.97. The molecule has 0 spiro atoms. The minimum Gasteiger partial charge on any atom is -0.309 e. The van der Waals surface area contributed by atoms with E-state index < -0.39 is 11.2 Å². The lowest BCUT2D eigenvalue weighted by molar-refractivity contribution is -0.137. The first-order chi connectivity index (χ1) is 9.36. The molecular formula is C12H15F3N4S. The van der Waals surface area contributed by atoms with E-state index in [4.69, 9.17) is 0 Å². The van der Waals surface area contributed by atoms with Crippen molar-refractivity contribution >= 4 is 11.3 Å². The zero-order chi connectivity index (χ0) is 14.9. The second-order valence-corrected chi connectivity index (χ2v) is 5.41. The van der Waals surface area contributed by atoms with Gasteiger partial charge < -0.3 is 5.32 Å². The van der Waals surface area contributed by atoms with Crippen molar-refractivity contribution in [3.05, 3.63) is 33.5 Å². The van der Waals surface area contributed by atoms with Crippen molar-refractivity contribution in [2.45, 2.75) is 25.6 Å². The Bertz CT molecular complexity index is 588. The van der Waals surface area contributed by atoms with E-state index in [-0.39, 0.29) is 6.04 Å². The third kappa shape index (κ3) is 2.85. The molecule has 0 amide bonds. The molecular weight excluding hydrogens is 289 g/mol. The van der Waals surface area contributed by atoms with Gasteiger partial charge in [0.15, 0.2) is 5.01 Å². The summed E-state index contributed by atoms with van der Waals surface area (Å²) in [7, 11) is 3.51. The lowest BCUT2D eigenvalue weighted by atomic mass is 10.1. The van der Waals surface area contributed by atoms with Gasteiger partial charge in [-0.25, -0.2) is 4.98 Å². The van der Waals surface area contributed by atoms with E-state index in [1.54, 1.807) is 18.8 Å². The van der Waals surface area contributed by atoms with Gasteiger partial charge in [0.25, 0.3) is 0 Å². The molecule has 0 radical (unpaired) electrons. The minimum absolute atomic E-state index is 0.327. The summed E-state index contributed by atoms with van der Waals surface area (Å²) < 4.78 is 39.6. The molecule has 0 fully saturated rings. The van der Waals surface area contributed by atoms with E-state index in [0.717, 1.165) is 17.7 Å². The fourth-order valence-electron chi connectivity index (χ4n) is 2.07. The van der Waals surface area contributed by atoms with Crippen LogP contribution < -0.4 is 5.32 Å². The maximum absolute atomic E-state index is 12.6. The Morgan fingerprint density at radius 1 is 1.45 bits per heavy atom. The minimum atomic E-state index is -4.40. The summed E-state index contributed by atoms with van der Waals surface area (Å²) in [4.78, 5) is 4.00. The van der Waals surface area contributed by atoms with Gasteiger partial charge in [0, 0.05) is 29.9 Å². The lowest BCUT2D eigenvalue weighted by Gasteiger charge is -2.13. The van der Waals surface area contributed by atoms with Crippen LogP contribution in [0.5, 0.6) is 0 Å². The zero-order valence-corrected chi connectivity index (χ0v) is 12.1. The SMILES string of the molecule is CCc1nn(C)cc1C(NC)c1cnc(C(F)(F)F)s1. The van der Waals surface area contributed by atoms with Crippen LogP contribution in [0.4, 0.5) is 13.2 Å². The fourth-order valence-corrected chi connectivity index (χ4v) is 2.98. The standard InChI is InChI=1S/C12H15F3N4S/c1-4-8-7(6-19(3)18-8)10(16-2)9-5-17-11(20-9)12(13,14)15/h5-6,10,16H,4H2,1-3H3. The maximum atomic E-state index is 12.6. The molecule has 1 N–H and O–H groups in total. The summed E-state index contributed by atoms with van der Waals surface area (Å²) >= 11 is 0.660. The first-order valence-corrected chi connectivity index (χ1v) is 6.91. The lowest BCUT2D eigenvalue weighted by Crippen LogP contribution is -2.17. The topological polar surface area (TPSA) is 42.7 Å². The largest absolute Gasteiger partial charge is 0.443 e. The highest BCUT2D eigenvalue weighted by Gasteiger charge is 2.35. The van der Waals surface area contributed by atoms with Crippen LogP contribution in [-0.2, 0) is 19.6 Å². The second kappa shape index (κ2) is 5.53. The smallest absolute Gasteiger partial charge is 0.309 e. The molecule has 1 unspecified atom stereocenters. The van der Waals surface area contributed by atoms with Crippen molar-refractivity contribution in [3.8, 4) is 0 Å². The predicted octanol–water partition coefficient (Wildman–Crippen LogP) is 2.77. The van der Waals surface area contributed by atoms with Gasteiger partial charge in [0.2, 0.25) is 0 Å². The number of halogens is 3. The Balaban J connectivity index is 2.39. The molecule has 0 bridgehead atoms. The van der Waals surface area contributed by atoms with Crippen molar-refractivity contribution in [1.82, 2.24) is 20.1 Å². The molecule has 8 heteroatoms. The van der Waals surface area contributed by atoms with Crippen LogP contribution in [0.2, 0.25) is 0 Å². The zero-order valence-electron chi connectivity index (χ0n) is 11.3. The number of rotatable bonds is 4. The van der Waals surface area contributed by atoms with Crippen LogP contribution in [-0.4, -0.2) is 21.8 Å². The molecule has 2 aromatic rings. The van der Waals surface area contributed by atoms with Gasteiger partial charge >= 0.3 is 6.18 Å². The Morgan fingerprint density at radius 2 is 2.15 bits per heavy atom. The van der Waals surface area contributed by atoms with Gasteiger partial charge in [0.1, 0.15) is 0 Å².